The molecule has 3 atom stereocenters. The van der Waals surface area contributed by atoms with Crippen LogP contribution in [0.5, 0.6) is 0 Å². The molecular formula is C38H54N2O6S. The predicted octanol–water partition coefficient (Wildman–Crippen LogP) is 7.03. The third kappa shape index (κ3) is 9.53. The maximum absolute atomic E-state index is 14.5. The van der Waals surface area contributed by atoms with Crippen molar-refractivity contribution in [1.29, 1.82) is 0 Å². The Labute approximate surface area is 282 Å². The van der Waals surface area contributed by atoms with Crippen molar-refractivity contribution in [2.75, 3.05) is 32.8 Å². The van der Waals surface area contributed by atoms with Crippen LogP contribution in [0.2, 0.25) is 0 Å². The first kappa shape index (κ1) is 36.8. The fourth-order valence-corrected chi connectivity index (χ4v) is 9.18. The largest absolute Gasteiger partial charge is 0.463 e. The monoisotopic (exact) mass is 666 g/mol. The number of benzene rings is 1. The van der Waals surface area contributed by atoms with Crippen molar-refractivity contribution in [3.05, 3.63) is 66.8 Å². The normalized spacial score (nSPS) is 26.4. The van der Waals surface area contributed by atoms with Crippen LogP contribution in [0.15, 0.2) is 71.7 Å². The summed E-state index contributed by atoms with van der Waals surface area (Å²) in [6, 6.07) is 8.43. The number of hydrogen-bond donors (Lipinski definition) is 0. The van der Waals surface area contributed by atoms with Crippen molar-refractivity contribution in [1.82, 2.24) is 9.21 Å². The van der Waals surface area contributed by atoms with E-state index in [0.717, 1.165) is 77.0 Å². The Hall–Kier alpha value is -3.04. The first-order chi connectivity index (χ1) is 22.7. The summed E-state index contributed by atoms with van der Waals surface area (Å²) in [4.78, 5) is 43.7. The summed E-state index contributed by atoms with van der Waals surface area (Å²) < 4.78 is 34.5. The summed E-state index contributed by atoms with van der Waals surface area (Å²) in [6.07, 6.45) is 19.3. The van der Waals surface area contributed by atoms with E-state index in [2.05, 4.69) is 18.7 Å². The number of amides is 1. The Morgan fingerprint density at radius 2 is 1.68 bits per heavy atom. The molecule has 2 saturated heterocycles. The number of fused-ring (bicyclic) bond motifs is 4. The van der Waals surface area contributed by atoms with Crippen molar-refractivity contribution >= 4 is 27.7 Å². The second kappa shape index (κ2) is 17.9. The van der Waals surface area contributed by atoms with Crippen LogP contribution < -0.4 is 0 Å². The van der Waals surface area contributed by atoms with E-state index in [1.807, 2.05) is 11.0 Å². The van der Waals surface area contributed by atoms with Gasteiger partial charge in [-0.05, 0) is 64.0 Å². The summed E-state index contributed by atoms with van der Waals surface area (Å²) in [5.74, 6) is -2.03. The lowest BCUT2D eigenvalue weighted by Gasteiger charge is -2.53. The molecule has 0 radical (unpaired) electrons. The van der Waals surface area contributed by atoms with Crippen molar-refractivity contribution in [2.45, 2.75) is 102 Å². The Balaban J connectivity index is 1.71. The maximum Gasteiger partial charge on any atom is 0.331 e. The Bertz CT molecular complexity index is 1390. The number of hydrogen-bond acceptors (Lipinski definition) is 6. The van der Waals surface area contributed by atoms with Crippen LogP contribution in [-0.4, -0.2) is 68.1 Å². The van der Waals surface area contributed by atoms with Gasteiger partial charge in [0.15, 0.2) is 5.78 Å². The van der Waals surface area contributed by atoms with E-state index in [9.17, 15) is 22.8 Å². The highest BCUT2D eigenvalue weighted by molar-refractivity contribution is 7.89. The molecule has 4 rings (SSSR count). The minimum absolute atomic E-state index is 0.0281. The van der Waals surface area contributed by atoms with Gasteiger partial charge in [-0.1, -0.05) is 81.4 Å². The van der Waals surface area contributed by atoms with E-state index in [4.69, 9.17) is 4.74 Å². The number of esters is 1. The highest BCUT2D eigenvalue weighted by Gasteiger charge is 2.56. The van der Waals surface area contributed by atoms with Gasteiger partial charge in [-0.15, -0.1) is 6.58 Å². The topological polar surface area (TPSA) is 101 Å². The molecule has 1 amide bonds. The molecule has 0 aromatic heterocycles. The molecule has 9 heteroatoms. The number of ether oxygens (including phenoxy) is 1. The van der Waals surface area contributed by atoms with Crippen molar-refractivity contribution in [3.63, 3.8) is 0 Å². The number of likely N-dealkylation sites (tertiary alicyclic amines) is 1. The van der Waals surface area contributed by atoms with Crippen LogP contribution in [-0.2, 0) is 29.1 Å². The molecule has 3 aliphatic rings. The lowest BCUT2D eigenvalue weighted by atomic mass is 9.56. The summed E-state index contributed by atoms with van der Waals surface area (Å²) in [5, 5.41) is 0. The summed E-state index contributed by atoms with van der Waals surface area (Å²) in [6.45, 7) is 7.17. The number of Topliss-reactive ketones (excluding diaryl/α,β-unsaturated/α-hetero) is 1. The van der Waals surface area contributed by atoms with Gasteiger partial charge in [0.1, 0.15) is 0 Å². The second-order valence-corrected chi connectivity index (χ2v) is 15.3. The van der Waals surface area contributed by atoms with Crippen LogP contribution in [0.25, 0.3) is 0 Å². The van der Waals surface area contributed by atoms with Gasteiger partial charge in [-0.3, -0.25) is 9.59 Å². The third-order valence-corrected chi connectivity index (χ3v) is 12.0. The van der Waals surface area contributed by atoms with E-state index in [0.29, 0.717) is 31.6 Å². The molecule has 47 heavy (non-hydrogen) atoms. The fraction of sp³-hybridized carbons (Fsp3) is 0.605. The van der Waals surface area contributed by atoms with Crippen LogP contribution in [0, 0.1) is 17.3 Å². The molecule has 3 bridgehead atoms. The lowest BCUT2D eigenvalue weighted by Crippen LogP contribution is -2.59. The standard InChI is InChI=1S/C38H54N2O6S/c1-3-5-6-7-13-19-25-39-30-38-24-18-12-10-8-9-11-14-20-26-40(47(44,45)31-21-16-15-17-22-31)27-23-32(33(29-38)37(39)43)36(42)34(38)28-35(41)46-4-2/h3,6-7,15-17,21-22,28,32-33H,1,4-5,8-14,18-20,23-27,29-30H2,2H3/b7-6-,34-28+/t32-,33-,38-/m0/s1. The summed E-state index contributed by atoms with van der Waals surface area (Å²) in [7, 11) is -3.81. The second-order valence-electron chi connectivity index (χ2n) is 13.4. The minimum Gasteiger partial charge on any atom is -0.463 e. The number of allylic oxidation sites excluding steroid dienone is 3. The summed E-state index contributed by atoms with van der Waals surface area (Å²) >= 11 is 0. The molecule has 0 N–H and O–H groups in total. The van der Waals surface area contributed by atoms with Crippen LogP contribution in [0.4, 0.5) is 0 Å². The van der Waals surface area contributed by atoms with Crippen molar-refractivity contribution in [2.24, 2.45) is 17.3 Å². The van der Waals surface area contributed by atoms with Crippen molar-refractivity contribution < 1.29 is 27.5 Å². The van der Waals surface area contributed by atoms with Gasteiger partial charge in [-0.2, -0.15) is 4.31 Å². The highest BCUT2D eigenvalue weighted by Crippen LogP contribution is 2.52. The first-order valence-corrected chi connectivity index (χ1v) is 19.2. The number of ketones is 1. The number of carbonyl (C=O) groups is 3. The number of rotatable bonds is 10. The van der Waals surface area contributed by atoms with Gasteiger partial charge < -0.3 is 9.64 Å². The Kier molecular flexibility index (Phi) is 14.0. The van der Waals surface area contributed by atoms with E-state index in [-0.39, 0.29) is 36.2 Å². The zero-order chi connectivity index (χ0) is 33.7. The van der Waals surface area contributed by atoms with E-state index < -0.39 is 33.2 Å². The Morgan fingerprint density at radius 1 is 0.979 bits per heavy atom. The quantitative estimate of drug-likeness (QED) is 0.115. The molecule has 1 aliphatic carbocycles. The smallest absolute Gasteiger partial charge is 0.331 e. The highest BCUT2D eigenvalue weighted by atomic mass is 32.2. The molecule has 1 spiro atoms. The van der Waals surface area contributed by atoms with Gasteiger partial charge in [0.05, 0.1) is 11.5 Å². The predicted molar refractivity (Wildman–Crippen MR) is 185 cm³/mol. The molecule has 8 nitrogen and oxygen atoms in total. The molecule has 3 fully saturated rings. The molecule has 1 saturated carbocycles. The average Bonchev–Trinajstić information content (AvgIpc) is 3.06. The fourth-order valence-electron chi connectivity index (χ4n) is 7.67. The van der Waals surface area contributed by atoms with Crippen molar-refractivity contribution in [3.8, 4) is 0 Å². The van der Waals surface area contributed by atoms with E-state index in [1.165, 1.54) is 10.4 Å². The van der Waals surface area contributed by atoms with Gasteiger partial charge in [0.25, 0.3) is 0 Å². The van der Waals surface area contributed by atoms with Gasteiger partial charge in [0.2, 0.25) is 15.9 Å². The number of unbranched alkanes of at least 4 members (excludes halogenated alkanes) is 1. The maximum atomic E-state index is 14.5. The minimum atomic E-state index is -3.81. The summed E-state index contributed by atoms with van der Waals surface area (Å²) in [5.41, 5.74) is -0.163. The SMILES string of the molecule is C=CC/C=C\CCCN1C[C@@]23CCCCCCCCCCN(S(=O)(=O)c4ccccc4)CC[C@H](C(=O)/C2=C\C(=O)OCC)[C@H](C3)C1=O. The Morgan fingerprint density at radius 3 is 2.38 bits per heavy atom. The molecule has 2 heterocycles. The number of nitrogens with zero attached hydrogens (tertiary/aromatic N) is 2. The van der Waals surface area contributed by atoms with Gasteiger partial charge in [-0.25, -0.2) is 13.2 Å². The number of sulfonamides is 1. The number of carbonyl (C=O) groups excluding carboxylic acids is 3. The molecule has 1 aromatic rings. The zero-order valence-corrected chi connectivity index (χ0v) is 29.1. The zero-order valence-electron chi connectivity index (χ0n) is 28.2. The van der Waals surface area contributed by atoms with Gasteiger partial charge in [0, 0.05) is 55.1 Å². The van der Waals surface area contributed by atoms with E-state index in [1.54, 1.807) is 37.3 Å². The molecule has 2 aliphatic heterocycles. The van der Waals surface area contributed by atoms with E-state index >= 15 is 0 Å². The lowest BCUT2D eigenvalue weighted by molar-refractivity contribution is -0.153. The van der Waals surface area contributed by atoms with Gasteiger partial charge >= 0.3 is 5.97 Å². The third-order valence-electron chi connectivity index (χ3n) is 10.1. The molecular weight excluding hydrogens is 612 g/mol. The molecule has 0 unspecified atom stereocenters. The van der Waals surface area contributed by atoms with Crippen LogP contribution in [0.3, 0.4) is 0 Å². The first-order valence-electron chi connectivity index (χ1n) is 17.8. The number of piperidine rings is 1. The molecule has 258 valence electrons. The molecule has 1 aromatic carbocycles. The average molecular weight is 667 g/mol. The van der Waals surface area contributed by atoms with Crippen LogP contribution >= 0.6 is 0 Å². The van der Waals surface area contributed by atoms with Crippen LogP contribution in [0.1, 0.15) is 96.8 Å².